The van der Waals surface area contributed by atoms with Gasteiger partial charge in [-0.05, 0) is 39.0 Å². The van der Waals surface area contributed by atoms with Crippen LogP contribution < -0.4 is 5.32 Å². The Labute approximate surface area is 153 Å². The molecule has 0 aliphatic rings. The van der Waals surface area contributed by atoms with Crippen molar-refractivity contribution in [2.45, 2.75) is 54.1 Å². The molecule has 1 N–H and O–H groups in total. The number of rotatable bonds is 6. The molecule has 0 saturated heterocycles. The lowest BCUT2D eigenvalue weighted by Gasteiger charge is -2.13. The highest BCUT2D eigenvalue weighted by molar-refractivity contribution is 5.94. The first kappa shape index (κ1) is 18.1. The van der Waals surface area contributed by atoms with Gasteiger partial charge in [-0.2, -0.15) is 5.10 Å². The average molecular weight is 354 g/mol. The average Bonchev–Trinajstić information content (AvgIpc) is 3.12. The molecule has 3 aromatic rings. The molecule has 1 atom stereocenters. The standard InChI is InChI=1S/C19H26N6O/c1-6-18-22-16-10-15(8-9-17(16)24(18)7-2)21-19(26)12(3)11-25-14(5)20-13(4)23-25/h8-10,12H,6-7,11H2,1-5H3,(H,21,26). The van der Waals surface area contributed by atoms with E-state index in [9.17, 15) is 4.79 Å². The van der Waals surface area contributed by atoms with E-state index in [4.69, 9.17) is 0 Å². The summed E-state index contributed by atoms with van der Waals surface area (Å²) >= 11 is 0. The molecule has 2 aromatic heterocycles. The summed E-state index contributed by atoms with van der Waals surface area (Å²) in [4.78, 5) is 21.5. The van der Waals surface area contributed by atoms with Gasteiger partial charge in [-0.25, -0.2) is 14.6 Å². The first-order valence-corrected chi connectivity index (χ1v) is 9.11. The number of hydrogen-bond donors (Lipinski definition) is 1. The van der Waals surface area contributed by atoms with Gasteiger partial charge in [0, 0.05) is 18.7 Å². The van der Waals surface area contributed by atoms with Crippen LogP contribution in [0, 0.1) is 19.8 Å². The number of hydrogen-bond acceptors (Lipinski definition) is 4. The number of benzene rings is 1. The number of imidazole rings is 1. The second kappa shape index (κ2) is 7.27. The number of amides is 1. The van der Waals surface area contributed by atoms with Gasteiger partial charge in [-0.15, -0.1) is 0 Å². The van der Waals surface area contributed by atoms with Gasteiger partial charge in [0.15, 0.2) is 0 Å². The molecule has 0 saturated carbocycles. The van der Waals surface area contributed by atoms with Crippen molar-refractivity contribution in [2.24, 2.45) is 5.92 Å². The van der Waals surface area contributed by atoms with Gasteiger partial charge >= 0.3 is 0 Å². The number of carbonyl (C=O) groups excluding carboxylic acids is 1. The molecule has 2 heterocycles. The molecule has 7 nitrogen and oxygen atoms in total. The minimum Gasteiger partial charge on any atom is -0.328 e. The fraction of sp³-hybridized carbons (Fsp3) is 0.474. The molecule has 0 radical (unpaired) electrons. The Morgan fingerprint density at radius 1 is 1.23 bits per heavy atom. The molecule has 7 heteroatoms. The molecular weight excluding hydrogens is 328 g/mol. The van der Waals surface area contributed by atoms with E-state index in [1.165, 1.54) is 0 Å². The van der Waals surface area contributed by atoms with Gasteiger partial charge in [-0.1, -0.05) is 13.8 Å². The summed E-state index contributed by atoms with van der Waals surface area (Å²) in [7, 11) is 0. The zero-order valence-corrected chi connectivity index (χ0v) is 16.1. The number of anilines is 1. The Hall–Kier alpha value is -2.70. The maximum atomic E-state index is 12.6. The lowest BCUT2D eigenvalue weighted by Crippen LogP contribution is -2.25. The Morgan fingerprint density at radius 3 is 2.62 bits per heavy atom. The van der Waals surface area contributed by atoms with Crippen LogP contribution >= 0.6 is 0 Å². The van der Waals surface area contributed by atoms with Crippen LogP contribution in [0.2, 0.25) is 0 Å². The van der Waals surface area contributed by atoms with Gasteiger partial charge in [0.1, 0.15) is 17.5 Å². The third-order valence-electron chi connectivity index (χ3n) is 4.58. The molecule has 1 amide bonds. The van der Waals surface area contributed by atoms with Crippen LogP contribution in [-0.4, -0.2) is 30.2 Å². The smallest absolute Gasteiger partial charge is 0.229 e. The summed E-state index contributed by atoms with van der Waals surface area (Å²) in [5.74, 6) is 2.35. The lowest BCUT2D eigenvalue weighted by atomic mass is 10.1. The summed E-state index contributed by atoms with van der Waals surface area (Å²) in [6.07, 6.45) is 0.887. The van der Waals surface area contributed by atoms with Crippen molar-refractivity contribution in [3.63, 3.8) is 0 Å². The second-order valence-electron chi connectivity index (χ2n) is 6.61. The number of nitrogens with zero attached hydrogens (tertiary/aromatic N) is 5. The molecule has 0 fully saturated rings. The monoisotopic (exact) mass is 354 g/mol. The summed E-state index contributed by atoms with van der Waals surface area (Å²) in [5.41, 5.74) is 2.78. The van der Waals surface area contributed by atoms with Gasteiger partial charge in [0.05, 0.1) is 23.5 Å². The van der Waals surface area contributed by atoms with E-state index in [1.807, 2.05) is 39.0 Å². The topological polar surface area (TPSA) is 77.6 Å². The molecule has 1 unspecified atom stereocenters. The molecule has 0 aliphatic carbocycles. The fourth-order valence-electron chi connectivity index (χ4n) is 3.22. The Morgan fingerprint density at radius 2 is 2.00 bits per heavy atom. The van der Waals surface area contributed by atoms with Crippen molar-refractivity contribution in [2.75, 3.05) is 5.32 Å². The molecule has 1 aromatic carbocycles. The van der Waals surface area contributed by atoms with Gasteiger partial charge in [0.2, 0.25) is 5.91 Å². The molecule has 0 bridgehead atoms. The van der Waals surface area contributed by atoms with Crippen molar-refractivity contribution in [3.8, 4) is 0 Å². The fourth-order valence-corrected chi connectivity index (χ4v) is 3.22. The first-order chi connectivity index (χ1) is 12.4. The van der Waals surface area contributed by atoms with Crippen molar-refractivity contribution in [1.29, 1.82) is 0 Å². The molecule has 26 heavy (non-hydrogen) atoms. The van der Waals surface area contributed by atoms with Crippen LogP contribution in [0.25, 0.3) is 11.0 Å². The van der Waals surface area contributed by atoms with Crippen LogP contribution in [-0.2, 0) is 24.3 Å². The van der Waals surface area contributed by atoms with Crippen molar-refractivity contribution in [1.82, 2.24) is 24.3 Å². The van der Waals surface area contributed by atoms with Crippen LogP contribution in [0.3, 0.4) is 0 Å². The highest BCUT2D eigenvalue weighted by atomic mass is 16.1. The number of aromatic nitrogens is 5. The van der Waals surface area contributed by atoms with Crippen LogP contribution in [0.15, 0.2) is 18.2 Å². The quantitative estimate of drug-likeness (QED) is 0.738. The van der Waals surface area contributed by atoms with Crippen molar-refractivity contribution < 1.29 is 4.79 Å². The molecule has 138 valence electrons. The van der Waals surface area contributed by atoms with Crippen LogP contribution in [0.4, 0.5) is 5.69 Å². The van der Waals surface area contributed by atoms with Gasteiger partial charge in [0.25, 0.3) is 0 Å². The number of carbonyl (C=O) groups is 1. The van der Waals surface area contributed by atoms with Crippen molar-refractivity contribution in [3.05, 3.63) is 35.7 Å². The second-order valence-corrected chi connectivity index (χ2v) is 6.61. The maximum absolute atomic E-state index is 12.6. The van der Waals surface area contributed by atoms with E-state index < -0.39 is 0 Å². The molecular formula is C19H26N6O. The Kier molecular flexibility index (Phi) is 5.06. The van der Waals surface area contributed by atoms with Crippen LogP contribution in [0.5, 0.6) is 0 Å². The van der Waals surface area contributed by atoms with E-state index in [1.54, 1.807) is 4.68 Å². The SMILES string of the molecule is CCc1nc2cc(NC(=O)C(C)Cn3nc(C)nc3C)ccc2n1CC. The zero-order chi connectivity index (χ0) is 18.8. The minimum absolute atomic E-state index is 0.0393. The zero-order valence-electron chi connectivity index (χ0n) is 16.1. The molecule has 0 aliphatic heterocycles. The van der Waals surface area contributed by atoms with Crippen LogP contribution in [0.1, 0.15) is 38.2 Å². The third-order valence-corrected chi connectivity index (χ3v) is 4.58. The largest absolute Gasteiger partial charge is 0.328 e. The number of fused-ring (bicyclic) bond motifs is 1. The normalized spacial score (nSPS) is 12.5. The summed E-state index contributed by atoms with van der Waals surface area (Å²) in [5, 5.41) is 7.32. The number of aryl methyl sites for hydroxylation is 4. The van der Waals surface area contributed by atoms with Gasteiger partial charge < -0.3 is 9.88 Å². The van der Waals surface area contributed by atoms with E-state index in [2.05, 4.69) is 38.8 Å². The summed E-state index contributed by atoms with van der Waals surface area (Å²) in [6.45, 7) is 11.3. The van der Waals surface area contributed by atoms with Gasteiger partial charge in [-0.3, -0.25) is 4.79 Å². The maximum Gasteiger partial charge on any atom is 0.229 e. The minimum atomic E-state index is -0.218. The summed E-state index contributed by atoms with van der Waals surface area (Å²) in [6, 6.07) is 5.90. The highest BCUT2D eigenvalue weighted by Gasteiger charge is 2.17. The summed E-state index contributed by atoms with van der Waals surface area (Å²) < 4.78 is 3.98. The lowest BCUT2D eigenvalue weighted by molar-refractivity contribution is -0.119. The van der Waals surface area contributed by atoms with E-state index in [0.29, 0.717) is 6.54 Å². The van der Waals surface area contributed by atoms with Crippen molar-refractivity contribution >= 4 is 22.6 Å². The first-order valence-electron chi connectivity index (χ1n) is 9.11. The van der Waals surface area contributed by atoms with E-state index in [0.717, 1.165) is 47.2 Å². The highest BCUT2D eigenvalue weighted by Crippen LogP contribution is 2.21. The Balaban J connectivity index is 1.75. The van der Waals surface area contributed by atoms with E-state index in [-0.39, 0.29) is 11.8 Å². The molecule has 0 spiro atoms. The predicted octanol–water partition coefficient (Wildman–Crippen LogP) is 3.10. The number of nitrogens with one attached hydrogen (secondary N) is 1. The third kappa shape index (κ3) is 3.47. The Bertz CT molecular complexity index is 939. The predicted molar refractivity (Wildman–Crippen MR) is 102 cm³/mol. The molecule has 3 rings (SSSR count). The van der Waals surface area contributed by atoms with E-state index >= 15 is 0 Å².